The molecule has 5 atom stereocenters. The Balaban J connectivity index is 1.38. The first-order chi connectivity index (χ1) is 15.3. The summed E-state index contributed by atoms with van der Waals surface area (Å²) in [4.78, 5) is 0. The third-order valence-corrected chi connectivity index (χ3v) is 10.0. The molecule has 0 aromatic rings. The molecule has 2 N–H and O–H groups in total. The highest BCUT2D eigenvalue weighted by atomic mass is 16.3. The molecule has 2 unspecified atom stereocenters. The summed E-state index contributed by atoms with van der Waals surface area (Å²) in [6.07, 6.45) is 23.1. The Bertz CT molecular complexity index is 725. The summed E-state index contributed by atoms with van der Waals surface area (Å²) in [5.74, 6) is 2.33. The molecule has 4 aliphatic rings. The molecule has 4 saturated carbocycles. The summed E-state index contributed by atoms with van der Waals surface area (Å²) in [5, 5.41) is 21.1. The van der Waals surface area contributed by atoms with Crippen molar-refractivity contribution < 1.29 is 10.2 Å². The topological polar surface area (TPSA) is 40.5 Å². The Morgan fingerprint density at radius 2 is 1.81 bits per heavy atom. The fraction of sp³-hybridized carbons (Fsp3) is 0.800. The minimum atomic E-state index is -0.349. The van der Waals surface area contributed by atoms with Crippen molar-refractivity contribution in [3.63, 3.8) is 0 Å². The van der Waals surface area contributed by atoms with Crippen LogP contribution in [0.25, 0.3) is 0 Å². The van der Waals surface area contributed by atoms with E-state index < -0.39 is 0 Å². The summed E-state index contributed by atoms with van der Waals surface area (Å²) in [6, 6.07) is 0. The highest BCUT2D eigenvalue weighted by Crippen LogP contribution is 2.60. The molecule has 0 saturated heterocycles. The van der Waals surface area contributed by atoms with Gasteiger partial charge in [-0.1, -0.05) is 69.4 Å². The first-order valence-corrected chi connectivity index (χ1v) is 13.8. The lowest BCUT2D eigenvalue weighted by Crippen LogP contribution is -2.36. The highest BCUT2D eigenvalue weighted by molar-refractivity contribution is 5.26. The third kappa shape index (κ3) is 5.27. The van der Waals surface area contributed by atoms with Crippen LogP contribution in [-0.4, -0.2) is 21.9 Å². The van der Waals surface area contributed by atoms with E-state index in [0.717, 1.165) is 68.3 Å². The van der Waals surface area contributed by atoms with Crippen LogP contribution < -0.4 is 0 Å². The van der Waals surface area contributed by atoms with Gasteiger partial charge in [0.1, 0.15) is 0 Å². The fourth-order valence-corrected chi connectivity index (χ4v) is 8.03. The second kappa shape index (κ2) is 10.2. The minimum absolute atomic E-state index is 0.339. The zero-order chi connectivity index (χ0) is 22.8. The highest BCUT2D eigenvalue weighted by Gasteiger charge is 2.50. The zero-order valence-electron chi connectivity index (χ0n) is 20.9. The van der Waals surface area contributed by atoms with E-state index in [9.17, 15) is 10.2 Å². The lowest BCUT2D eigenvalue weighted by atomic mass is 9.60. The van der Waals surface area contributed by atoms with Gasteiger partial charge in [-0.2, -0.15) is 0 Å². The van der Waals surface area contributed by atoms with E-state index in [1.165, 1.54) is 63.4 Å². The van der Waals surface area contributed by atoms with Crippen molar-refractivity contribution in [3.8, 4) is 0 Å². The number of rotatable bonds is 6. The monoisotopic (exact) mass is 440 g/mol. The maximum absolute atomic E-state index is 10.7. The van der Waals surface area contributed by atoms with Gasteiger partial charge >= 0.3 is 0 Å². The number of hydrogen-bond acceptors (Lipinski definition) is 2. The SMILES string of the molecule is C=C1CCC/C(=C/C=C2\CCC[C@@]3(C)C2CCC3[C@@H](C)CCCC2(O)CCCC2)C[C@H]1O. The van der Waals surface area contributed by atoms with Crippen molar-refractivity contribution in [2.75, 3.05) is 0 Å². The molecular formula is C30H48O2. The average molecular weight is 441 g/mol. The van der Waals surface area contributed by atoms with Crippen LogP contribution >= 0.6 is 0 Å². The van der Waals surface area contributed by atoms with Crippen molar-refractivity contribution >= 4 is 0 Å². The van der Waals surface area contributed by atoms with Crippen LogP contribution in [0.4, 0.5) is 0 Å². The van der Waals surface area contributed by atoms with Crippen LogP contribution in [0, 0.1) is 23.2 Å². The van der Waals surface area contributed by atoms with Gasteiger partial charge in [-0.15, -0.1) is 0 Å². The van der Waals surface area contributed by atoms with Gasteiger partial charge in [0.05, 0.1) is 11.7 Å². The van der Waals surface area contributed by atoms with Gasteiger partial charge < -0.3 is 10.2 Å². The summed E-state index contributed by atoms with van der Waals surface area (Å²) in [7, 11) is 0. The number of fused-ring (bicyclic) bond motifs is 1. The molecule has 0 bridgehead atoms. The smallest absolute Gasteiger partial charge is 0.0784 e. The van der Waals surface area contributed by atoms with Crippen LogP contribution in [0.15, 0.2) is 35.5 Å². The van der Waals surface area contributed by atoms with E-state index in [4.69, 9.17) is 0 Å². The predicted molar refractivity (Wildman–Crippen MR) is 134 cm³/mol. The number of hydrogen-bond donors (Lipinski definition) is 2. The van der Waals surface area contributed by atoms with E-state index in [1.807, 2.05) is 0 Å². The van der Waals surface area contributed by atoms with Crippen molar-refractivity contribution in [2.45, 2.75) is 128 Å². The van der Waals surface area contributed by atoms with Crippen LogP contribution in [0.5, 0.6) is 0 Å². The normalized spacial score (nSPS) is 38.8. The molecule has 0 aromatic carbocycles. The molecular weight excluding hydrogens is 392 g/mol. The van der Waals surface area contributed by atoms with Crippen LogP contribution in [0.2, 0.25) is 0 Å². The summed E-state index contributed by atoms with van der Waals surface area (Å²) >= 11 is 0. The Morgan fingerprint density at radius 3 is 2.59 bits per heavy atom. The predicted octanol–water partition coefficient (Wildman–Crippen LogP) is 7.66. The molecule has 4 fully saturated rings. The summed E-state index contributed by atoms with van der Waals surface area (Å²) in [6.45, 7) is 9.15. The average Bonchev–Trinajstić information content (AvgIpc) is 3.30. The van der Waals surface area contributed by atoms with E-state index >= 15 is 0 Å². The van der Waals surface area contributed by atoms with E-state index in [1.54, 1.807) is 5.57 Å². The third-order valence-electron chi connectivity index (χ3n) is 10.0. The van der Waals surface area contributed by atoms with E-state index in [2.05, 4.69) is 32.6 Å². The quantitative estimate of drug-likeness (QED) is 0.329. The number of aliphatic hydroxyl groups is 2. The lowest BCUT2D eigenvalue weighted by Gasteiger charge is -2.44. The molecule has 2 heteroatoms. The van der Waals surface area contributed by atoms with Gasteiger partial charge in [0.2, 0.25) is 0 Å². The molecule has 4 rings (SSSR count). The maximum atomic E-state index is 10.7. The Kier molecular flexibility index (Phi) is 7.72. The van der Waals surface area contributed by atoms with Gasteiger partial charge in [-0.05, 0) is 106 Å². The maximum Gasteiger partial charge on any atom is 0.0784 e. The van der Waals surface area contributed by atoms with Gasteiger partial charge in [0.15, 0.2) is 0 Å². The molecule has 32 heavy (non-hydrogen) atoms. The Morgan fingerprint density at radius 1 is 1.03 bits per heavy atom. The van der Waals surface area contributed by atoms with Crippen molar-refractivity contribution in [2.24, 2.45) is 23.2 Å². The molecule has 0 radical (unpaired) electrons. The standard InChI is InChI=1S/C30H48O2/c1-22(10-7-20-30(32)18-4-5-19-30)26-15-16-27-25(12-8-17-29(26,27)3)14-13-24-11-6-9-23(2)28(31)21-24/h13-14,22,26-28,31-32H,2,4-12,15-21H2,1,3H3/b24-13-,25-14+/t22-,26?,27?,28+,29+/m0/s1. The van der Waals surface area contributed by atoms with Gasteiger partial charge in [0.25, 0.3) is 0 Å². The van der Waals surface area contributed by atoms with Crippen LogP contribution in [0.3, 0.4) is 0 Å². The number of aliphatic hydroxyl groups excluding tert-OH is 1. The first kappa shape index (κ1) is 24.3. The minimum Gasteiger partial charge on any atom is -0.390 e. The first-order valence-electron chi connectivity index (χ1n) is 13.8. The Labute approximate surface area is 197 Å². The largest absolute Gasteiger partial charge is 0.390 e. The van der Waals surface area contributed by atoms with E-state index in [-0.39, 0.29) is 11.7 Å². The zero-order valence-corrected chi connectivity index (χ0v) is 20.9. The molecule has 0 heterocycles. The molecule has 4 aliphatic carbocycles. The molecule has 2 nitrogen and oxygen atoms in total. The molecule has 0 amide bonds. The summed E-state index contributed by atoms with van der Waals surface area (Å²) in [5.41, 5.74) is 4.21. The van der Waals surface area contributed by atoms with Crippen LogP contribution in [0.1, 0.15) is 117 Å². The van der Waals surface area contributed by atoms with Crippen molar-refractivity contribution in [1.29, 1.82) is 0 Å². The van der Waals surface area contributed by atoms with Gasteiger partial charge in [-0.25, -0.2) is 0 Å². The van der Waals surface area contributed by atoms with Crippen molar-refractivity contribution in [3.05, 3.63) is 35.5 Å². The molecule has 180 valence electrons. The Hall–Kier alpha value is -0.860. The summed E-state index contributed by atoms with van der Waals surface area (Å²) < 4.78 is 0. The van der Waals surface area contributed by atoms with Gasteiger partial charge in [0, 0.05) is 0 Å². The number of allylic oxidation sites excluding steroid dienone is 3. The van der Waals surface area contributed by atoms with Crippen LogP contribution in [-0.2, 0) is 0 Å². The van der Waals surface area contributed by atoms with E-state index in [0.29, 0.717) is 5.41 Å². The molecule has 0 spiro atoms. The lowest BCUT2D eigenvalue weighted by molar-refractivity contribution is 0.0319. The second-order valence-electron chi connectivity index (χ2n) is 12.2. The molecule has 0 aromatic heterocycles. The van der Waals surface area contributed by atoms with Crippen molar-refractivity contribution in [1.82, 2.24) is 0 Å². The molecule has 0 aliphatic heterocycles. The van der Waals surface area contributed by atoms with Gasteiger partial charge in [-0.3, -0.25) is 0 Å². The fourth-order valence-electron chi connectivity index (χ4n) is 8.03. The second-order valence-corrected chi connectivity index (χ2v) is 12.2.